The number of rotatable bonds is 5. The predicted molar refractivity (Wildman–Crippen MR) is 107 cm³/mol. The van der Waals surface area contributed by atoms with E-state index >= 15 is 0 Å². The van der Waals surface area contributed by atoms with Crippen LogP contribution in [0.25, 0.3) is 10.9 Å². The van der Waals surface area contributed by atoms with Gasteiger partial charge >= 0.3 is 5.97 Å². The number of fused-ring (bicyclic) bond motifs is 1. The molecule has 0 spiro atoms. The molecule has 1 heterocycles. The lowest BCUT2D eigenvalue weighted by molar-refractivity contribution is -0.130. The van der Waals surface area contributed by atoms with E-state index < -0.39 is 12.1 Å². The summed E-state index contributed by atoms with van der Waals surface area (Å²) >= 11 is 0. The highest BCUT2D eigenvalue weighted by molar-refractivity contribution is 5.99. The number of benzene rings is 2. The summed E-state index contributed by atoms with van der Waals surface area (Å²) in [6, 6.07) is 17.0. The zero-order valence-electron chi connectivity index (χ0n) is 15.9. The van der Waals surface area contributed by atoms with Crippen molar-refractivity contribution in [3.05, 3.63) is 77.0 Å². The van der Waals surface area contributed by atoms with Gasteiger partial charge in [0.05, 0.1) is 16.8 Å². The Morgan fingerprint density at radius 1 is 1.04 bits per heavy atom. The number of aryl methyl sites for hydroxylation is 2. The summed E-state index contributed by atoms with van der Waals surface area (Å²) < 4.78 is 5.73. The molecule has 0 saturated heterocycles. The Morgan fingerprint density at radius 2 is 1.71 bits per heavy atom. The molecule has 1 atom stereocenters. The van der Waals surface area contributed by atoms with E-state index in [1.54, 1.807) is 19.1 Å². The number of hydrogen-bond donors (Lipinski definition) is 1. The Kier molecular flexibility index (Phi) is 4.82. The zero-order chi connectivity index (χ0) is 19.7. The molecular weight excluding hydrogens is 352 g/mol. The number of nitrogens with one attached hydrogen (secondary N) is 1. The molecule has 5 heteroatoms. The summed E-state index contributed by atoms with van der Waals surface area (Å²) in [4.78, 5) is 30.4. The van der Waals surface area contributed by atoms with Gasteiger partial charge in [0.2, 0.25) is 6.10 Å². The first kappa shape index (κ1) is 18.2. The quantitative estimate of drug-likeness (QED) is 0.685. The van der Waals surface area contributed by atoms with Crippen molar-refractivity contribution in [1.82, 2.24) is 10.3 Å². The summed E-state index contributed by atoms with van der Waals surface area (Å²) in [5.74, 6) is -0.820. The zero-order valence-corrected chi connectivity index (χ0v) is 15.9. The van der Waals surface area contributed by atoms with E-state index in [1.807, 2.05) is 49.4 Å². The largest absolute Gasteiger partial charge is 0.444 e. The van der Waals surface area contributed by atoms with E-state index in [0.29, 0.717) is 16.8 Å². The highest BCUT2D eigenvalue weighted by atomic mass is 16.5. The van der Waals surface area contributed by atoms with Gasteiger partial charge in [-0.25, -0.2) is 4.79 Å². The monoisotopic (exact) mass is 374 g/mol. The van der Waals surface area contributed by atoms with Crippen molar-refractivity contribution in [1.29, 1.82) is 0 Å². The second-order valence-electron chi connectivity index (χ2n) is 7.19. The highest BCUT2D eigenvalue weighted by Crippen LogP contribution is 2.27. The third kappa shape index (κ3) is 3.60. The summed E-state index contributed by atoms with van der Waals surface area (Å²) in [5, 5.41) is 3.84. The first-order valence-electron chi connectivity index (χ1n) is 9.47. The minimum absolute atomic E-state index is 0.184. The molecule has 1 aliphatic carbocycles. The van der Waals surface area contributed by atoms with Crippen molar-refractivity contribution in [2.75, 3.05) is 0 Å². The topological polar surface area (TPSA) is 68.3 Å². The first-order valence-corrected chi connectivity index (χ1v) is 9.47. The lowest BCUT2D eigenvalue weighted by Crippen LogP contribution is -2.33. The van der Waals surface area contributed by atoms with Crippen LogP contribution >= 0.6 is 0 Å². The molecule has 3 aromatic rings. The van der Waals surface area contributed by atoms with Crippen molar-refractivity contribution in [3.8, 4) is 0 Å². The van der Waals surface area contributed by atoms with Crippen LogP contribution in [-0.4, -0.2) is 22.9 Å². The Balaban J connectivity index is 1.68. The SMILES string of the molecule is Cc1nc2ccccc2c(C)c1C(=O)O[C@H](C(=O)NC1CC1)c1ccccc1. The van der Waals surface area contributed by atoms with Crippen LogP contribution in [0.15, 0.2) is 54.6 Å². The molecule has 28 heavy (non-hydrogen) atoms. The highest BCUT2D eigenvalue weighted by Gasteiger charge is 2.32. The van der Waals surface area contributed by atoms with E-state index in [2.05, 4.69) is 10.3 Å². The Morgan fingerprint density at radius 3 is 2.43 bits per heavy atom. The van der Waals surface area contributed by atoms with Crippen LogP contribution in [0, 0.1) is 13.8 Å². The van der Waals surface area contributed by atoms with Gasteiger partial charge in [-0.3, -0.25) is 9.78 Å². The van der Waals surface area contributed by atoms with Gasteiger partial charge in [-0.1, -0.05) is 48.5 Å². The minimum atomic E-state index is -0.987. The average Bonchev–Trinajstić information content (AvgIpc) is 3.50. The van der Waals surface area contributed by atoms with Gasteiger partial charge in [0, 0.05) is 17.0 Å². The van der Waals surface area contributed by atoms with Crippen LogP contribution in [0.5, 0.6) is 0 Å². The van der Waals surface area contributed by atoms with Crippen LogP contribution in [0.4, 0.5) is 0 Å². The van der Waals surface area contributed by atoms with Crippen molar-refractivity contribution in [2.24, 2.45) is 0 Å². The fourth-order valence-electron chi connectivity index (χ4n) is 3.40. The van der Waals surface area contributed by atoms with E-state index in [4.69, 9.17) is 4.74 Å². The molecule has 0 radical (unpaired) electrons. The normalized spacial score (nSPS) is 14.5. The van der Waals surface area contributed by atoms with Crippen molar-refractivity contribution in [3.63, 3.8) is 0 Å². The summed E-state index contributed by atoms with van der Waals surface area (Å²) in [6.07, 6.45) is 0.946. The maximum Gasteiger partial charge on any atom is 0.341 e. The molecule has 1 saturated carbocycles. The maximum absolute atomic E-state index is 13.1. The van der Waals surface area contributed by atoms with E-state index in [0.717, 1.165) is 29.3 Å². The van der Waals surface area contributed by atoms with E-state index in [-0.39, 0.29) is 11.9 Å². The number of pyridine rings is 1. The van der Waals surface area contributed by atoms with Crippen molar-refractivity contribution in [2.45, 2.75) is 38.8 Å². The Labute approximate surface area is 163 Å². The smallest absolute Gasteiger partial charge is 0.341 e. The number of para-hydroxylation sites is 1. The molecule has 4 rings (SSSR count). The second-order valence-corrected chi connectivity index (χ2v) is 7.19. The third-order valence-corrected chi connectivity index (χ3v) is 5.03. The first-order chi connectivity index (χ1) is 13.5. The van der Waals surface area contributed by atoms with Crippen LogP contribution in [0.3, 0.4) is 0 Å². The Bertz CT molecular complexity index is 1040. The summed E-state index contributed by atoms with van der Waals surface area (Å²) in [7, 11) is 0. The molecule has 0 aliphatic heterocycles. The fourth-order valence-corrected chi connectivity index (χ4v) is 3.40. The number of aromatic nitrogens is 1. The van der Waals surface area contributed by atoms with Crippen LogP contribution in [-0.2, 0) is 9.53 Å². The molecular formula is C23H22N2O3. The predicted octanol–water partition coefficient (Wildman–Crippen LogP) is 4.03. The van der Waals surface area contributed by atoms with E-state index in [1.165, 1.54) is 0 Å². The van der Waals surface area contributed by atoms with Gasteiger partial charge in [-0.15, -0.1) is 0 Å². The lowest BCUT2D eigenvalue weighted by Gasteiger charge is -2.19. The standard InChI is InChI=1S/C23H22N2O3/c1-14-18-10-6-7-11-19(18)24-15(2)20(14)23(27)28-21(16-8-4-3-5-9-16)22(26)25-17-12-13-17/h3-11,17,21H,12-13H2,1-2H3,(H,25,26)/t21-/m0/s1. The maximum atomic E-state index is 13.1. The fraction of sp³-hybridized carbons (Fsp3) is 0.261. The molecule has 0 bridgehead atoms. The number of amides is 1. The Hall–Kier alpha value is -3.21. The number of nitrogens with zero attached hydrogens (tertiary/aromatic N) is 1. The van der Waals surface area contributed by atoms with Crippen molar-refractivity contribution < 1.29 is 14.3 Å². The number of esters is 1. The minimum Gasteiger partial charge on any atom is -0.444 e. The van der Waals surface area contributed by atoms with Gasteiger partial charge in [-0.05, 0) is 38.3 Å². The molecule has 1 amide bonds. The van der Waals surface area contributed by atoms with E-state index in [9.17, 15) is 9.59 Å². The molecule has 0 unspecified atom stereocenters. The lowest BCUT2D eigenvalue weighted by atomic mass is 10.0. The number of hydrogen-bond acceptors (Lipinski definition) is 4. The van der Waals surface area contributed by atoms with Gasteiger partial charge in [-0.2, -0.15) is 0 Å². The molecule has 1 aliphatic rings. The van der Waals surface area contributed by atoms with Crippen molar-refractivity contribution >= 4 is 22.8 Å². The molecule has 2 aromatic carbocycles. The molecule has 1 aromatic heterocycles. The van der Waals surface area contributed by atoms with Gasteiger partial charge < -0.3 is 10.1 Å². The van der Waals surface area contributed by atoms with Gasteiger partial charge in [0.15, 0.2) is 0 Å². The van der Waals surface area contributed by atoms with Gasteiger partial charge in [0.1, 0.15) is 0 Å². The summed E-state index contributed by atoms with van der Waals surface area (Å²) in [6.45, 7) is 3.67. The number of carbonyl (C=O) groups excluding carboxylic acids is 2. The second kappa shape index (κ2) is 7.43. The number of ether oxygens (including phenoxy) is 1. The number of carbonyl (C=O) groups is 2. The molecule has 142 valence electrons. The molecule has 5 nitrogen and oxygen atoms in total. The molecule has 1 N–H and O–H groups in total. The summed E-state index contributed by atoms with van der Waals surface area (Å²) in [5.41, 5.74) is 3.30. The van der Waals surface area contributed by atoms with Gasteiger partial charge in [0.25, 0.3) is 5.91 Å². The van der Waals surface area contributed by atoms with Crippen LogP contribution in [0.1, 0.15) is 46.1 Å². The van der Waals surface area contributed by atoms with Crippen LogP contribution in [0.2, 0.25) is 0 Å². The average molecular weight is 374 g/mol. The molecule has 1 fully saturated rings. The third-order valence-electron chi connectivity index (χ3n) is 5.03. The van der Waals surface area contributed by atoms with Crippen LogP contribution < -0.4 is 5.32 Å².